The largest absolute Gasteiger partial charge is 0.300 e. The second kappa shape index (κ2) is 5.93. The molecule has 1 fully saturated rings. The van der Waals surface area contributed by atoms with Gasteiger partial charge in [0.05, 0.1) is 23.8 Å². The number of likely N-dealkylation sites (tertiary alicyclic amines) is 1. The molecule has 5 nitrogen and oxygen atoms in total. The summed E-state index contributed by atoms with van der Waals surface area (Å²) < 4.78 is 1.78. The second-order valence-corrected chi connectivity index (χ2v) is 6.16. The molecule has 112 valence electrons. The topological polar surface area (TPSA) is 46.8 Å². The number of rotatable bonds is 3. The molecule has 0 bridgehead atoms. The van der Waals surface area contributed by atoms with Crippen LogP contribution in [0.5, 0.6) is 0 Å². The maximum atomic E-state index is 4.66. The van der Waals surface area contributed by atoms with E-state index < -0.39 is 0 Å². The van der Waals surface area contributed by atoms with Gasteiger partial charge in [-0.2, -0.15) is 5.10 Å². The molecule has 0 spiro atoms. The number of nitrogens with zero attached hydrogens (tertiary/aromatic N) is 5. The summed E-state index contributed by atoms with van der Waals surface area (Å²) in [5.74, 6) is 0.511. The first-order valence-corrected chi connectivity index (χ1v) is 7.68. The van der Waals surface area contributed by atoms with E-state index in [0.29, 0.717) is 12.0 Å². The molecule has 0 unspecified atom stereocenters. The number of aromatic nitrogens is 4. The fourth-order valence-corrected chi connectivity index (χ4v) is 2.97. The molecule has 5 heteroatoms. The number of hydrogen-bond acceptors (Lipinski definition) is 4. The predicted molar refractivity (Wildman–Crippen MR) is 82.9 cm³/mol. The molecule has 1 aliphatic heterocycles. The molecule has 0 radical (unpaired) electrons. The normalized spacial score (nSPS) is 20.1. The Morgan fingerprint density at radius 3 is 2.67 bits per heavy atom. The highest BCUT2D eigenvalue weighted by molar-refractivity contribution is 5.55. The van der Waals surface area contributed by atoms with Gasteiger partial charge in [-0.1, -0.05) is 0 Å². The number of aryl methyl sites for hydroxylation is 1. The average molecular weight is 285 g/mol. The zero-order valence-corrected chi connectivity index (χ0v) is 13.0. The summed E-state index contributed by atoms with van der Waals surface area (Å²) in [5.41, 5.74) is 3.03. The van der Waals surface area contributed by atoms with Crippen molar-refractivity contribution < 1.29 is 0 Å². The highest BCUT2D eigenvalue weighted by Crippen LogP contribution is 2.27. The van der Waals surface area contributed by atoms with E-state index in [-0.39, 0.29) is 0 Å². The predicted octanol–water partition coefficient (Wildman–Crippen LogP) is 2.46. The van der Waals surface area contributed by atoms with E-state index in [1.165, 1.54) is 19.4 Å². The van der Waals surface area contributed by atoms with Crippen molar-refractivity contribution in [1.29, 1.82) is 0 Å². The summed E-state index contributed by atoms with van der Waals surface area (Å²) in [4.78, 5) is 11.8. The van der Waals surface area contributed by atoms with Gasteiger partial charge in [-0.25, -0.2) is 0 Å². The van der Waals surface area contributed by atoms with Crippen LogP contribution in [0.1, 0.15) is 38.3 Å². The van der Waals surface area contributed by atoms with Crippen LogP contribution in [0.15, 0.2) is 24.8 Å². The molecular formula is C16H23N5. The SMILES string of the molecule is CC(C)N1CCC[C@H](c2cnc(-c3cnn(C)c3)cn2)C1. The van der Waals surface area contributed by atoms with Crippen LogP contribution in [0.4, 0.5) is 0 Å². The lowest BCUT2D eigenvalue weighted by atomic mass is 9.94. The Hall–Kier alpha value is -1.75. The van der Waals surface area contributed by atoms with Crippen LogP contribution in [0.3, 0.4) is 0 Å². The highest BCUT2D eigenvalue weighted by Gasteiger charge is 2.24. The van der Waals surface area contributed by atoms with Crippen LogP contribution in [0, 0.1) is 0 Å². The first-order valence-electron chi connectivity index (χ1n) is 7.68. The van der Waals surface area contributed by atoms with Crippen molar-refractivity contribution in [2.24, 2.45) is 7.05 Å². The zero-order chi connectivity index (χ0) is 14.8. The highest BCUT2D eigenvalue weighted by atomic mass is 15.2. The molecule has 0 aromatic carbocycles. The summed E-state index contributed by atoms with van der Waals surface area (Å²) in [6.45, 7) is 6.83. The second-order valence-electron chi connectivity index (χ2n) is 6.16. The Morgan fingerprint density at radius 2 is 2.05 bits per heavy atom. The molecule has 1 saturated heterocycles. The fourth-order valence-electron chi connectivity index (χ4n) is 2.97. The standard InChI is InChI=1S/C16H23N5/c1-12(2)21-6-4-5-13(11-21)15-8-18-16(9-17-15)14-7-19-20(3)10-14/h7-10,12-13H,4-6,11H2,1-3H3/t13-/m0/s1. The van der Waals surface area contributed by atoms with E-state index in [1.54, 1.807) is 4.68 Å². The van der Waals surface area contributed by atoms with E-state index in [1.807, 2.05) is 31.8 Å². The summed E-state index contributed by atoms with van der Waals surface area (Å²) in [5, 5.41) is 4.18. The minimum absolute atomic E-state index is 0.511. The maximum Gasteiger partial charge on any atom is 0.0916 e. The van der Waals surface area contributed by atoms with Crippen molar-refractivity contribution in [3.8, 4) is 11.3 Å². The fraction of sp³-hybridized carbons (Fsp3) is 0.562. The first kappa shape index (κ1) is 14.2. The summed E-state index contributed by atoms with van der Waals surface area (Å²) in [6, 6.07) is 0.607. The van der Waals surface area contributed by atoms with Crippen molar-refractivity contribution in [1.82, 2.24) is 24.6 Å². The monoisotopic (exact) mass is 285 g/mol. The number of hydrogen-bond donors (Lipinski definition) is 0. The van der Waals surface area contributed by atoms with E-state index in [0.717, 1.165) is 23.5 Å². The Balaban J connectivity index is 1.74. The summed E-state index contributed by atoms with van der Waals surface area (Å²) in [6.07, 6.45) is 10.1. The van der Waals surface area contributed by atoms with Crippen LogP contribution in [0.2, 0.25) is 0 Å². The number of piperidine rings is 1. The third-order valence-electron chi connectivity index (χ3n) is 4.27. The molecule has 21 heavy (non-hydrogen) atoms. The van der Waals surface area contributed by atoms with Gasteiger partial charge in [0.25, 0.3) is 0 Å². The quantitative estimate of drug-likeness (QED) is 0.869. The Bertz CT molecular complexity index is 587. The van der Waals surface area contributed by atoms with Gasteiger partial charge in [0, 0.05) is 43.5 Å². The molecule has 3 heterocycles. The molecule has 0 aliphatic carbocycles. The van der Waals surface area contributed by atoms with E-state index >= 15 is 0 Å². The molecule has 0 saturated carbocycles. The zero-order valence-electron chi connectivity index (χ0n) is 13.0. The van der Waals surface area contributed by atoms with E-state index in [4.69, 9.17) is 0 Å². The van der Waals surface area contributed by atoms with Crippen molar-refractivity contribution in [2.75, 3.05) is 13.1 Å². The molecule has 2 aromatic rings. The van der Waals surface area contributed by atoms with Crippen LogP contribution < -0.4 is 0 Å². The van der Waals surface area contributed by atoms with Gasteiger partial charge in [-0.05, 0) is 33.2 Å². The van der Waals surface area contributed by atoms with E-state index in [9.17, 15) is 0 Å². The summed E-state index contributed by atoms with van der Waals surface area (Å²) in [7, 11) is 1.91. The van der Waals surface area contributed by atoms with Crippen LogP contribution in [-0.2, 0) is 7.05 Å². The van der Waals surface area contributed by atoms with Crippen molar-refractivity contribution in [3.05, 3.63) is 30.5 Å². The lowest BCUT2D eigenvalue weighted by Crippen LogP contribution is -2.39. The minimum atomic E-state index is 0.511. The summed E-state index contributed by atoms with van der Waals surface area (Å²) >= 11 is 0. The van der Waals surface area contributed by atoms with Gasteiger partial charge < -0.3 is 4.90 Å². The Morgan fingerprint density at radius 1 is 1.19 bits per heavy atom. The molecule has 1 aliphatic rings. The van der Waals surface area contributed by atoms with Crippen LogP contribution >= 0.6 is 0 Å². The van der Waals surface area contributed by atoms with Crippen molar-refractivity contribution in [3.63, 3.8) is 0 Å². The molecule has 0 N–H and O–H groups in total. The van der Waals surface area contributed by atoms with Crippen LogP contribution in [-0.4, -0.2) is 43.8 Å². The molecule has 2 aromatic heterocycles. The molecule has 3 rings (SSSR count). The van der Waals surface area contributed by atoms with Gasteiger partial charge in [0.15, 0.2) is 0 Å². The van der Waals surface area contributed by atoms with Gasteiger partial charge >= 0.3 is 0 Å². The van der Waals surface area contributed by atoms with Gasteiger partial charge in [0.2, 0.25) is 0 Å². The van der Waals surface area contributed by atoms with Crippen molar-refractivity contribution >= 4 is 0 Å². The third kappa shape index (κ3) is 3.13. The van der Waals surface area contributed by atoms with Gasteiger partial charge in [-0.15, -0.1) is 0 Å². The smallest absolute Gasteiger partial charge is 0.0916 e. The third-order valence-corrected chi connectivity index (χ3v) is 4.27. The van der Waals surface area contributed by atoms with Gasteiger partial charge in [-0.3, -0.25) is 14.6 Å². The minimum Gasteiger partial charge on any atom is -0.300 e. The molecule has 1 atom stereocenters. The average Bonchev–Trinajstić information content (AvgIpc) is 2.94. The van der Waals surface area contributed by atoms with Crippen LogP contribution in [0.25, 0.3) is 11.3 Å². The molecular weight excluding hydrogens is 262 g/mol. The van der Waals surface area contributed by atoms with Gasteiger partial charge in [0.1, 0.15) is 0 Å². The Kier molecular flexibility index (Phi) is 4.01. The van der Waals surface area contributed by atoms with Crippen molar-refractivity contribution in [2.45, 2.75) is 38.6 Å². The Labute approximate surface area is 126 Å². The lowest BCUT2D eigenvalue weighted by Gasteiger charge is -2.35. The molecule has 0 amide bonds. The maximum absolute atomic E-state index is 4.66. The van der Waals surface area contributed by atoms with E-state index in [2.05, 4.69) is 33.8 Å². The lowest BCUT2D eigenvalue weighted by molar-refractivity contribution is 0.166. The first-order chi connectivity index (χ1) is 10.1.